The minimum absolute atomic E-state index is 0.121. The van der Waals surface area contributed by atoms with Crippen molar-refractivity contribution in [3.63, 3.8) is 0 Å². The summed E-state index contributed by atoms with van der Waals surface area (Å²) in [4.78, 5) is 21.0. The van der Waals surface area contributed by atoms with Crippen molar-refractivity contribution >= 4 is 17.6 Å². The smallest absolute Gasteiger partial charge is 0.224 e. The van der Waals surface area contributed by atoms with Crippen molar-refractivity contribution < 1.29 is 9.18 Å². The van der Waals surface area contributed by atoms with Crippen molar-refractivity contribution in [3.05, 3.63) is 66.0 Å². The van der Waals surface area contributed by atoms with E-state index in [2.05, 4.69) is 49.7 Å². The van der Waals surface area contributed by atoms with Crippen LogP contribution in [0.15, 0.2) is 59.6 Å². The highest BCUT2D eigenvalue weighted by Crippen LogP contribution is 2.15. The number of nitrogens with one attached hydrogen (secondary N) is 2. The Hall–Kier alpha value is -3.09. The van der Waals surface area contributed by atoms with E-state index in [0.29, 0.717) is 18.7 Å². The molecule has 1 heterocycles. The molecule has 0 aromatic heterocycles. The molecule has 154 valence electrons. The molecule has 3 rings (SSSR count). The van der Waals surface area contributed by atoms with E-state index in [9.17, 15) is 9.18 Å². The van der Waals surface area contributed by atoms with Gasteiger partial charge in [0.05, 0.1) is 6.42 Å². The Morgan fingerprint density at radius 3 is 2.41 bits per heavy atom. The predicted molar refractivity (Wildman–Crippen MR) is 115 cm³/mol. The number of carbonyl (C=O) groups excluding carboxylic acids is 1. The third-order valence-electron chi connectivity index (χ3n) is 4.90. The molecule has 1 fully saturated rings. The first-order valence-electron chi connectivity index (χ1n) is 9.92. The summed E-state index contributed by atoms with van der Waals surface area (Å²) in [6.45, 7) is 4.72. The van der Waals surface area contributed by atoms with Gasteiger partial charge in [-0.25, -0.2) is 4.39 Å². The van der Waals surface area contributed by atoms with Gasteiger partial charge in [-0.15, -0.1) is 0 Å². The normalized spacial score (nSPS) is 14.6. The van der Waals surface area contributed by atoms with Gasteiger partial charge in [0.1, 0.15) is 5.82 Å². The van der Waals surface area contributed by atoms with Crippen LogP contribution >= 0.6 is 0 Å². The second kappa shape index (κ2) is 10.5. The minimum atomic E-state index is -0.326. The largest absolute Gasteiger partial charge is 0.368 e. The van der Waals surface area contributed by atoms with Crippen LogP contribution in [0.3, 0.4) is 0 Å². The summed E-state index contributed by atoms with van der Waals surface area (Å²) in [6.07, 6.45) is 0.175. The number of hydrogen-bond donors (Lipinski definition) is 2. The van der Waals surface area contributed by atoms with Crippen LogP contribution in [0.2, 0.25) is 0 Å². The zero-order valence-corrected chi connectivity index (χ0v) is 16.8. The van der Waals surface area contributed by atoms with E-state index in [4.69, 9.17) is 0 Å². The molecule has 0 bridgehead atoms. The molecule has 2 aromatic rings. The molecule has 7 heteroatoms. The Balaban J connectivity index is 1.37. The number of carbonyl (C=O) groups is 1. The summed E-state index contributed by atoms with van der Waals surface area (Å²) in [5.74, 6) is 0.397. The zero-order valence-electron chi connectivity index (χ0n) is 16.8. The van der Waals surface area contributed by atoms with Gasteiger partial charge in [-0.3, -0.25) is 9.79 Å². The maximum Gasteiger partial charge on any atom is 0.224 e. The molecule has 0 saturated carbocycles. The van der Waals surface area contributed by atoms with Crippen molar-refractivity contribution in [1.29, 1.82) is 0 Å². The van der Waals surface area contributed by atoms with Crippen LogP contribution < -0.4 is 15.5 Å². The first-order valence-corrected chi connectivity index (χ1v) is 9.92. The average molecular weight is 397 g/mol. The number of benzene rings is 2. The van der Waals surface area contributed by atoms with Crippen molar-refractivity contribution in [2.45, 2.75) is 6.42 Å². The van der Waals surface area contributed by atoms with E-state index in [0.717, 1.165) is 32.1 Å². The fourth-order valence-electron chi connectivity index (χ4n) is 3.42. The summed E-state index contributed by atoms with van der Waals surface area (Å²) in [5.41, 5.74) is 1.92. The van der Waals surface area contributed by atoms with E-state index in [1.807, 2.05) is 6.07 Å². The van der Waals surface area contributed by atoms with Crippen molar-refractivity contribution in [1.82, 2.24) is 15.5 Å². The Morgan fingerprint density at radius 1 is 1.00 bits per heavy atom. The van der Waals surface area contributed by atoms with Crippen LogP contribution in [0.4, 0.5) is 10.1 Å². The number of hydrogen-bond acceptors (Lipinski definition) is 3. The number of nitrogens with zero attached hydrogens (tertiary/aromatic N) is 3. The maximum atomic E-state index is 13.2. The maximum absolute atomic E-state index is 13.2. The quantitative estimate of drug-likeness (QED) is 0.444. The van der Waals surface area contributed by atoms with Crippen LogP contribution in [-0.2, 0) is 11.2 Å². The van der Waals surface area contributed by atoms with E-state index in [1.165, 1.54) is 17.8 Å². The lowest BCUT2D eigenvalue weighted by Crippen LogP contribution is -2.53. The Labute approximate surface area is 171 Å². The summed E-state index contributed by atoms with van der Waals surface area (Å²) in [7, 11) is 1.77. The summed E-state index contributed by atoms with van der Waals surface area (Å²) < 4.78 is 13.2. The molecule has 1 amide bonds. The Bertz CT molecular complexity index is 819. The van der Waals surface area contributed by atoms with E-state index < -0.39 is 0 Å². The fourth-order valence-corrected chi connectivity index (χ4v) is 3.42. The molecule has 2 N–H and O–H groups in total. The van der Waals surface area contributed by atoms with Gasteiger partial charge in [0, 0.05) is 52.0 Å². The summed E-state index contributed by atoms with van der Waals surface area (Å²) in [5, 5.41) is 6.16. The topological polar surface area (TPSA) is 60.0 Å². The van der Waals surface area contributed by atoms with Gasteiger partial charge < -0.3 is 20.4 Å². The molecular weight excluding hydrogens is 369 g/mol. The predicted octanol–water partition coefficient (Wildman–Crippen LogP) is 1.88. The van der Waals surface area contributed by atoms with Crippen LogP contribution in [0.25, 0.3) is 0 Å². The van der Waals surface area contributed by atoms with Gasteiger partial charge in [-0.1, -0.05) is 30.3 Å². The molecule has 0 spiro atoms. The molecule has 0 radical (unpaired) electrons. The van der Waals surface area contributed by atoms with Gasteiger partial charge in [-0.05, 0) is 29.8 Å². The molecule has 1 saturated heterocycles. The number of guanidine groups is 1. The lowest BCUT2D eigenvalue weighted by Gasteiger charge is -2.37. The first-order chi connectivity index (χ1) is 14.2. The molecular formula is C22H28FN5O. The van der Waals surface area contributed by atoms with Crippen LogP contribution in [0, 0.1) is 5.82 Å². The molecule has 0 aliphatic carbocycles. The number of piperazine rings is 1. The van der Waals surface area contributed by atoms with E-state index >= 15 is 0 Å². The number of amides is 1. The Morgan fingerprint density at radius 2 is 1.72 bits per heavy atom. The van der Waals surface area contributed by atoms with Crippen molar-refractivity contribution in [2.24, 2.45) is 4.99 Å². The van der Waals surface area contributed by atoms with Crippen LogP contribution in [0.1, 0.15) is 5.56 Å². The monoisotopic (exact) mass is 397 g/mol. The second-order valence-corrected chi connectivity index (χ2v) is 6.94. The molecule has 29 heavy (non-hydrogen) atoms. The summed E-state index contributed by atoms with van der Waals surface area (Å²) in [6, 6.07) is 16.5. The highest BCUT2D eigenvalue weighted by molar-refractivity contribution is 5.80. The van der Waals surface area contributed by atoms with Crippen LogP contribution in [0.5, 0.6) is 0 Å². The molecule has 1 aliphatic rings. The molecule has 0 unspecified atom stereocenters. The first kappa shape index (κ1) is 20.6. The van der Waals surface area contributed by atoms with Crippen molar-refractivity contribution in [2.75, 3.05) is 51.2 Å². The molecule has 6 nitrogen and oxygen atoms in total. The number of aliphatic imine (C=N–C) groups is 1. The molecule has 2 aromatic carbocycles. The fraction of sp³-hybridized carbons (Fsp3) is 0.364. The third-order valence-corrected chi connectivity index (χ3v) is 4.90. The van der Waals surface area contributed by atoms with E-state index in [1.54, 1.807) is 19.2 Å². The van der Waals surface area contributed by atoms with Gasteiger partial charge in [0.15, 0.2) is 5.96 Å². The van der Waals surface area contributed by atoms with Gasteiger partial charge in [-0.2, -0.15) is 0 Å². The number of halogens is 1. The average Bonchev–Trinajstić information content (AvgIpc) is 2.75. The number of anilines is 1. The van der Waals surface area contributed by atoms with Crippen molar-refractivity contribution in [3.8, 4) is 0 Å². The summed E-state index contributed by atoms with van der Waals surface area (Å²) >= 11 is 0. The lowest BCUT2D eigenvalue weighted by molar-refractivity contribution is -0.120. The lowest BCUT2D eigenvalue weighted by atomic mass is 10.1. The van der Waals surface area contributed by atoms with Crippen LogP contribution in [-0.4, -0.2) is 63.1 Å². The molecule has 0 atom stereocenters. The zero-order chi connectivity index (χ0) is 20.5. The highest BCUT2D eigenvalue weighted by atomic mass is 19.1. The Kier molecular flexibility index (Phi) is 7.44. The molecule has 1 aliphatic heterocycles. The minimum Gasteiger partial charge on any atom is -0.368 e. The van der Waals surface area contributed by atoms with Gasteiger partial charge in [0.2, 0.25) is 5.91 Å². The number of para-hydroxylation sites is 1. The highest BCUT2D eigenvalue weighted by Gasteiger charge is 2.19. The SMILES string of the molecule is CN=C(NCCNC(=O)Cc1cccc(F)c1)N1CCN(c2ccccc2)CC1. The van der Waals surface area contributed by atoms with Gasteiger partial charge in [0.25, 0.3) is 0 Å². The van der Waals surface area contributed by atoms with E-state index in [-0.39, 0.29) is 18.1 Å². The standard InChI is InChI=1S/C22H28FN5O/c1-24-22(28-14-12-27(13-15-28)20-8-3-2-4-9-20)26-11-10-25-21(29)17-18-6-5-7-19(23)16-18/h2-9,16H,10-15,17H2,1H3,(H,24,26)(H,25,29). The second-order valence-electron chi connectivity index (χ2n) is 6.94. The van der Waals surface area contributed by atoms with Gasteiger partial charge >= 0.3 is 0 Å². The third kappa shape index (κ3) is 6.20. The number of rotatable bonds is 6.